The summed E-state index contributed by atoms with van der Waals surface area (Å²) in [5, 5.41) is 10.1. The zero-order valence-electron chi connectivity index (χ0n) is 14.3. The highest BCUT2D eigenvalue weighted by Gasteiger charge is 2.23. The monoisotopic (exact) mass is 346 g/mol. The highest BCUT2D eigenvalue weighted by Crippen LogP contribution is 2.22. The van der Waals surface area contributed by atoms with E-state index < -0.39 is 0 Å². The molecule has 0 spiro atoms. The molecule has 24 heavy (non-hydrogen) atoms. The Kier molecular flexibility index (Phi) is 4.99. The molecule has 7 heteroatoms. The minimum absolute atomic E-state index is 0.0315. The number of hydrogen-bond donors (Lipinski definition) is 0. The molecule has 0 saturated carbocycles. The smallest absolute Gasteiger partial charge is 0.260 e. The third-order valence-corrected chi connectivity index (χ3v) is 5.22. The van der Waals surface area contributed by atoms with Gasteiger partial charge in [0.05, 0.1) is 0 Å². The molecular weight excluding hydrogens is 324 g/mol. The third-order valence-electron chi connectivity index (χ3n) is 4.32. The Hall–Kier alpha value is -2.15. The molecule has 1 amide bonds. The number of carbonyl (C=O) groups excluding carboxylic acids is 1. The lowest BCUT2D eigenvalue weighted by Crippen LogP contribution is -2.50. The molecule has 0 N–H and O–H groups in total. The summed E-state index contributed by atoms with van der Waals surface area (Å²) in [5.74, 6) is 0.815. The molecule has 128 valence electrons. The molecule has 6 nitrogen and oxygen atoms in total. The Balaban J connectivity index is 1.51. The van der Waals surface area contributed by atoms with Crippen LogP contribution in [0.15, 0.2) is 18.2 Å². The van der Waals surface area contributed by atoms with Crippen LogP contribution in [-0.4, -0.2) is 53.8 Å². The second-order valence-electron chi connectivity index (χ2n) is 5.96. The summed E-state index contributed by atoms with van der Waals surface area (Å²) in [4.78, 5) is 16.4. The second kappa shape index (κ2) is 7.17. The summed E-state index contributed by atoms with van der Waals surface area (Å²) >= 11 is 1.59. The minimum Gasteiger partial charge on any atom is -0.483 e. The molecule has 3 rings (SSSR count). The van der Waals surface area contributed by atoms with E-state index in [4.69, 9.17) is 4.74 Å². The number of aryl methyl sites for hydroxylation is 2. The lowest BCUT2D eigenvalue weighted by molar-refractivity contribution is -0.133. The number of nitrogens with zero attached hydrogens (tertiary/aromatic N) is 4. The quantitative estimate of drug-likeness (QED) is 0.849. The fourth-order valence-electron chi connectivity index (χ4n) is 2.67. The number of aromatic nitrogens is 2. The molecule has 0 atom stereocenters. The summed E-state index contributed by atoms with van der Waals surface area (Å²) in [7, 11) is 0. The molecular formula is C17H22N4O2S. The number of amides is 1. The van der Waals surface area contributed by atoms with Crippen molar-refractivity contribution < 1.29 is 9.53 Å². The van der Waals surface area contributed by atoms with Crippen molar-refractivity contribution in [2.45, 2.75) is 20.8 Å². The maximum Gasteiger partial charge on any atom is 0.260 e. The average molecular weight is 346 g/mol. The van der Waals surface area contributed by atoms with E-state index in [1.807, 2.05) is 43.9 Å². The Morgan fingerprint density at radius 2 is 1.92 bits per heavy atom. The minimum atomic E-state index is 0.0315. The van der Waals surface area contributed by atoms with Gasteiger partial charge in [-0.15, -0.1) is 10.2 Å². The van der Waals surface area contributed by atoms with E-state index in [0.29, 0.717) is 13.1 Å². The summed E-state index contributed by atoms with van der Waals surface area (Å²) in [6.45, 7) is 9.03. The summed E-state index contributed by atoms with van der Waals surface area (Å²) in [6.07, 6.45) is 0. The predicted molar refractivity (Wildman–Crippen MR) is 94.9 cm³/mol. The van der Waals surface area contributed by atoms with Gasteiger partial charge in [0.2, 0.25) is 5.13 Å². The lowest BCUT2D eigenvalue weighted by Gasteiger charge is -2.34. The van der Waals surface area contributed by atoms with Crippen LogP contribution in [0, 0.1) is 20.8 Å². The van der Waals surface area contributed by atoms with Crippen LogP contribution in [0.1, 0.15) is 16.1 Å². The van der Waals surface area contributed by atoms with Crippen molar-refractivity contribution in [3.63, 3.8) is 0 Å². The van der Waals surface area contributed by atoms with Crippen molar-refractivity contribution in [1.82, 2.24) is 15.1 Å². The van der Waals surface area contributed by atoms with Gasteiger partial charge >= 0.3 is 0 Å². The zero-order chi connectivity index (χ0) is 17.1. The first-order chi connectivity index (χ1) is 11.5. The van der Waals surface area contributed by atoms with E-state index in [9.17, 15) is 4.79 Å². The van der Waals surface area contributed by atoms with Gasteiger partial charge < -0.3 is 14.5 Å². The number of piperazine rings is 1. The van der Waals surface area contributed by atoms with E-state index >= 15 is 0 Å². The van der Waals surface area contributed by atoms with Crippen LogP contribution >= 0.6 is 11.3 Å². The van der Waals surface area contributed by atoms with Crippen LogP contribution in [0.3, 0.4) is 0 Å². The SMILES string of the molecule is Cc1nnc(N2CCN(C(=O)COc3cccc(C)c3C)CC2)s1. The van der Waals surface area contributed by atoms with Gasteiger partial charge in [-0.25, -0.2) is 0 Å². The van der Waals surface area contributed by atoms with E-state index in [2.05, 4.69) is 15.1 Å². The van der Waals surface area contributed by atoms with Crippen LogP contribution < -0.4 is 9.64 Å². The summed E-state index contributed by atoms with van der Waals surface area (Å²) < 4.78 is 5.72. The Morgan fingerprint density at radius 1 is 1.17 bits per heavy atom. The van der Waals surface area contributed by atoms with Crippen molar-refractivity contribution in [2.75, 3.05) is 37.7 Å². The Morgan fingerprint density at radius 3 is 2.58 bits per heavy atom. The van der Waals surface area contributed by atoms with E-state index in [1.165, 1.54) is 5.56 Å². The van der Waals surface area contributed by atoms with Gasteiger partial charge in [0.25, 0.3) is 5.91 Å². The van der Waals surface area contributed by atoms with Gasteiger partial charge in [-0.05, 0) is 38.0 Å². The molecule has 1 aromatic heterocycles. The second-order valence-corrected chi connectivity index (χ2v) is 7.12. The first-order valence-corrected chi connectivity index (χ1v) is 8.88. The standard InChI is InChI=1S/C17H22N4O2S/c1-12-5-4-6-15(13(12)2)23-11-16(22)20-7-9-21(10-8-20)17-19-18-14(3)24-17/h4-6H,7-11H2,1-3H3. The van der Waals surface area contributed by atoms with Gasteiger partial charge in [-0.3, -0.25) is 4.79 Å². The number of rotatable bonds is 4. The first kappa shape index (κ1) is 16.7. The predicted octanol–water partition coefficient (Wildman–Crippen LogP) is 2.19. The molecule has 1 fully saturated rings. The normalized spacial score (nSPS) is 14.8. The topological polar surface area (TPSA) is 58.6 Å². The van der Waals surface area contributed by atoms with Crippen molar-refractivity contribution in [3.8, 4) is 5.75 Å². The van der Waals surface area contributed by atoms with Gasteiger partial charge in [0.1, 0.15) is 10.8 Å². The Bertz CT molecular complexity index is 723. The molecule has 1 saturated heterocycles. The lowest BCUT2D eigenvalue weighted by atomic mass is 10.1. The van der Waals surface area contributed by atoms with Crippen molar-refractivity contribution >= 4 is 22.4 Å². The molecule has 2 aromatic rings. The van der Waals surface area contributed by atoms with Crippen molar-refractivity contribution in [3.05, 3.63) is 34.3 Å². The zero-order valence-corrected chi connectivity index (χ0v) is 15.1. The molecule has 0 aliphatic carbocycles. The summed E-state index contributed by atoms with van der Waals surface area (Å²) in [5.41, 5.74) is 2.25. The van der Waals surface area contributed by atoms with Gasteiger partial charge in [0.15, 0.2) is 6.61 Å². The fraction of sp³-hybridized carbons (Fsp3) is 0.471. The van der Waals surface area contributed by atoms with Crippen LogP contribution in [0.2, 0.25) is 0 Å². The highest BCUT2D eigenvalue weighted by molar-refractivity contribution is 7.15. The largest absolute Gasteiger partial charge is 0.483 e. The molecule has 1 aliphatic rings. The van der Waals surface area contributed by atoms with E-state index in [0.717, 1.165) is 34.5 Å². The first-order valence-electron chi connectivity index (χ1n) is 8.06. The van der Waals surface area contributed by atoms with Gasteiger partial charge in [-0.2, -0.15) is 0 Å². The number of hydrogen-bond acceptors (Lipinski definition) is 6. The summed E-state index contributed by atoms with van der Waals surface area (Å²) in [6, 6.07) is 5.90. The number of benzene rings is 1. The highest BCUT2D eigenvalue weighted by atomic mass is 32.1. The van der Waals surface area contributed by atoms with Crippen LogP contribution in [0.25, 0.3) is 0 Å². The number of ether oxygens (including phenoxy) is 1. The molecule has 1 aromatic carbocycles. The average Bonchev–Trinajstić information content (AvgIpc) is 3.02. The van der Waals surface area contributed by atoms with Gasteiger partial charge in [0, 0.05) is 26.2 Å². The molecule has 1 aliphatic heterocycles. The van der Waals surface area contributed by atoms with E-state index in [-0.39, 0.29) is 12.5 Å². The molecule has 2 heterocycles. The molecule has 0 unspecified atom stereocenters. The maximum absolute atomic E-state index is 12.4. The number of anilines is 1. The van der Waals surface area contributed by atoms with Crippen LogP contribution in [0.5, 0.6) is 5.75 Å². The molecule has 0 bridgehead atoms. The third kappa shape index (κ3) is 3.67. The van der Waals surface area contributed by atoms with Crippen LogP contribution in [0.4, 0.5) is 5.13 Å². The Labute approximate surface area is 146 Å². The van der Waals surface area contributed by atoms with Crippen LogP contribution in [-0.2, 0) is 4.79 Å². The maximum atomic E-state index is 12.4. The number of carbonyl (C=O) groups is 1. The van der Waals surface area contributed by atoms with E-state index in [1.54, 1.807) is 11.3 Å². The van der Waals surface area contributed by atoms with Gasteiger partial charge in [-0.1, -0.05) is 23.5 Å². The fourth-order valence-corrected chi connectivity index (χ4v) is 3.41. The van der Waals surface area contributed by atoms with Crippen molar-refractivity contribution in [1.29, 1.82) is 0 Å². The van der Waals surface area contributed by atoms with Crippen molar-refractivity contribution in [2.24, 2.45) is 0 Å². The molecule has 0 radical (unpaired) electrons.